The highest BCUT2D eigenvalue weighted by Crippen LogP contribution is 2.12. The summed E-state index contributed by atoms with van der Waals surface area (Å²) in [5.41, 5.74) is -0.184. The van der Waals surface area contributed by atoms with E-state index < -0.39 is 11.6 Å². The Morgan fingerprint density at radius 2 is 2.00 bits per heavy atom. The molecule has 17 heavy (non-hydrogen) atoms. The number of hydrogen-bond donors (Lipinski definition) is 1. The SMILES string of the molecule is C/C=C/CCNC(=O)Cc1c(F)cccc1F. The molecular weight excluding hydrogens is 224 g/mol. The van der Waals surface area contributed by atoms with Gasteiger partial charge in [-0.1, -0.05) is 18.2 Å². The fraction of sp³-hybridized carbons (Fsp3) is 0.308. The average molecular weight is 239 g/mol. The van der Waals surface area contributed by atoms with Crippen LogP contribution < -0.4 is 5.32 Å². The zero-order valence-electron chi connectivity index (χ0n) is 9.67. The summed E-state index contributed by atoms with van der Waals surface area (Å²) in [6.07, 6.45) is 4.23. The minimum Gasteiger partial charge on any atom is -0.356 e. The topological polar surface area (TPSA) is 29.1 Å². The van der Waals surface area contributed by atoms with Crippen LogP contribution in [-0.2, 0) is 11.2 Å². The van der Waals surface area contributed by atoms with Crippen molar-refractivity contribution < 1.29 is 13.6 Å². The van der Waals surface area contributed by atoms with E-state index in [1.54, 1.807) is 0 Å². The van der Waals surface area contributed by atoms with Gasteiger partial charge in [-0.3, -0.25) is 4.79 Å². The van der Waals surface area contributed by atoms with Crippen molar-refractivity contribution in [3.05, 3.63) is 47.5 Å². The highest BCUT2D eigenvalue weighted by atomic mass is 19.1. The molecule has 0 aromatic heterocycles. The van der Waals surface area contributed by atoms with Gasteiger partial charge >= 0.3 is 0 Å². The van der Waals surface area contributed by atoms with Crippen molar-refractivity contribution in [2.75, 3.05) is 6.54 Å². The molecule has 0 fully saturated rings. The number of rotatable bonds is 5. The molecule has 0 spiro atoms. The molecule has 1 aromatic rings. The highest BCUT2D eigenvalue weighted by Gasteiger charge is 2.12. The maximum atomic E-state index is 13.2. The predicted molar refractivity (Wildman–Crippen MR) is 62.5 cm³/mol. The van der Waals surface area contributed by atoms with Gasteiger partial charge in [0.25, 0.3) is 0 Å². The number of halogens is 2. The molecule has 0 atom stereocenters. The maximum Gasteiger partial charge on any atom is 0.224 e. The number of nitrogens with one attached hydrogen (secondary N) is 1. The van der Waals surface area contributed by atoms with Gasteiger partial charge < -0.3 is 5.32 Å². The van der Waals surface area contributed by atoms with Crippen LogP contribution in [0.1, 0.15) is 18.9 Å². The monoisotopic (exact) mass is 239 g/mol. The molecule has 0 radical (unpaired) electrons. The lowest BCUT2D eigenvalue weighted by Crippen LogP contribution is -2.26. The molecule has 92 valence electrons. The summed E-state index contributed by atoms with van der Waals surface area (Å²) in [7, 11) is 0. The maximum absolute atomic E-state index is 13.2. The first-order chi connectivity index (χ1) is 8.15. The summed E-state index contributed by atoms with van der Waals surface area (Å²) >= 11 is 0. The third-order valence-electron chi connectivity index (χ3n) is 2.27. The molecule has 0 saturated carbocycles. The quantitative estimate of drug-likeness (QED) is 0.621. The zero-order chi connectivity index (χ0) is 12.7. The van der Waals surface area contributed by atoms with Crippen LogP contribution >= 0.6 is 0 Å². The summed E-state index contributed by atoms with van der Waals surface area (Å²) in [5.74, 6) is -1.75. The van der Waals surface area contributed by atoms with Crippen LogP contribution in [0.4, 0.5) is 8.78 Å². The highest BCUT2D eigenvalue weighted by molar-refractivity contribution is 5.78. The van der Waals surface area contributed by atoms with E-state index in [2.05, 4.69) is 5.32 Å². The van der Waals surface area contributed by atoms with Gasteiger partial charge in [0, 0.05) is 12.1 Å². The number of hydrogen-bond acceptors (Lipinski definition) is 1. The Bertz CT molecular complexity index is 396. The molecule has 0 bridgehead atoms. The van der Waals surface area contributed by atoms with Crippen molar-refractivity contribution in [3.63, 3.8) is 0 Å². The molecule has 0 aliphatic heterocycles. The molecule has 1 amide bonds. The van der Waals surface area contributed by atoms with E-state index in [0.29, 0.717) is 13.0 Å². The smallest absolute Gasteiger partial charge is 0.224 e. The van der Waals surface area contributed by atoms with Crippen molar-refractivity contribution in [3.8, 4) is 0 Å². The van der Waals surface area contributed by atoms with Crippen LogP contribution in [0.5, 0.6) is 0 Å². The van der Waals surface area contributed by atoms with Crippen molar-refractivity contribution in [1.82, 2.24) is 5.32 Å². The zero-order valence-corrected chi connectivity index (χ0v) is 9.67. The first-order valence-electron chi connectivity index (χ1n) is 5.46. The van der Waals surface area contributed by atoms with Gasteiger partial charge in [0.05, 0.1) is 6.42 Å². The number of amides is 1. The van der Waals surface area contributed by atoms with Crippen molar-refractivity contribution >= 4 is 5.91 Å². The van der Waals surface area contributed by atoms with Crippen LogP contribution in [0.25, 0.3) is 0 Å². The summed E-state index contributed by atoms with van der Waals surface area (Å²) < 4.78 is 26.4. The summed E-state index contributed by atoms with van der Waals surface area (Å²) in [4.78, 5) is 11.4. The van der Waals surface area contributed by atoms with Gasteiger partial charge in [0.2, 0.25) is 5.91 Å². The fourth-order valence-corrected chi connectivity index (χ4v) is 1.39. The van der Waals surface area contributed by atoms with Gasteiger partial charge in [-0.15, -0.1) is 0 Å². The van der Waals surface area contributed by atoms with Crippen molar-refractivity contribution in [2.24, 2.45) is 0 Å². The van der Waals surface area contributed by atoms with Gasteiger partial charge in [0.1, 0.15) is 11.6 Å². The first-order valence-corrected chi connectivity index (χ1v) is 5.46. The largest absolute Gasteiger partial charge is 0.356 e. The fourth-order valence-electron chi connectivity index (χ4n) is 1.39. The third-order valence-corrected chi connectivity index (χ3v) is 2.27. The number of benzene rings is 1. The molecule has 0 aliphatic carbocycles. The van der Waals surface area contributed by atoms with Crippen molar-refractivity contribution in [1.29, 1.82) is 0 Å². The Labute approximate surface area is 99.3 Å². The Morgan fingerprint density at radius 1 is 1.35 bits per heavy atom. The molecular formula is C13H15F2NO. The van der Waals surface area contributed by atoms with E-state index in [-0.39, 0.29) is 17.9 Å². The summed E-state index contributed by atoms with van der Waals surface area (Å²) in [6, 6.07) is 3.56. The van der Waals surface area contributed by atoms with Gasteiger partial charge in [-0.2, -0.15) is 0 Å². The molecule has 2 nitrogen and oxygen atoms in total. The van der Waals surface area contributed by atoms with E-state index in [9.17, 15) is 13.6 Å². The second kappa shape index (κ2) is 6.78. The van der Waals surface area contributed by atoms with Gasteiger partial charge in [-0.05, 0) is 25.5 Å². The van der Waals surface area contributed by atoms with E-state index >= 15 is 0 Å². The molecule has 0 unspecified atom stereocenters. The van der Waals surface area contributed by atoms with E-state index in [1.807, 2.05) is 19.1 Å². The Balaban J connectivity index is 2.50. The Morgan fingerprint density at radius 3 is 2.59 bits per heavy atom. The van der Waals surface area contributed by atoms with Gasteiger partial charge in [0.15, 0.2) is 0 Å². The minimum atomic E-state index is -0.686. The van der Waals surface area contributed by atoms with E-state index in [1.165, 1.54) is 6.07 Å². The molecule has 0 aliphatic rings. The third kappa shape index (κ3) is 4.34. The van der Waals surface area contributed by atoms with Crippen LogP contribution in [0.2, 0.25) is 0 Å². The van der Waals surface area contributed by atoms with Crippen molar-refractivity contribution in [2.45, 2.75) is 19.8 Å². The lowest BCUT2D eigenvalue weighted by atomic mass is 10.1. The number of carbonyl (C=O) groups excluding carboxylic acids is 1. The van der Waals surface area contributed by atoms with E-state index in [4.69, 9.17) is 0 Å². The summed E-state index contributed by atoms with van der Waals surface area (Å²) in [6.45, 7) is 2.36. The molecule has 0 saturated heterocycles. The van der Waals surface area contributed by atoms with Crippen LogP contribution in [0.15, 0.2) is 30.4 Å². The van der Waals surface area contributed by atoms with Crippen LogP contribution in [0, 0.1) is 11.6 Å². The second-order valence-corrected chi connectivity index (χ2v) is 3.58. The lowest BCUT2D eigenvalue weighted by Gasteiger charge is -2.05. The summed E-state index contributed by atoms with van der Waals surface area (Å²) in [5, 5.41) is 2.60. The molecule has 1 N–H and O–H groups in total. The molecule has 1 rings (SSSR count). The molecule has 4 heteroatoms. The lowest BCUT2D eigenvalue weighted by molar-refractivity contribution is -0.120. The first kappa shape index (κ1) is 13.4. The van der Waals surface area contributed by atoms with E-state index in [0.717, 1.165) is 12.1 Å². The van der Waals surface area contributed by atoms with Crippen LogP contribution in [-0.4, -0.2) is 12.5 Å². The number of allylic oxidation sites excluding steroid dienone is 1. The Hall–Kier alpha value is -1.71. The normalized spacial score (nSPS) is 10.8. The minimum absolute atomic E-state index is 0.184. The standard InChI is InChI=1S/C13H15F2NO/c1-2-3-4-8-16-13(17)9-10-11(14)6-5-7-12(10)15/h2-3,5-7H,4,8-9H2,1H3,(H,16,17)/b3-2+. The average Bonchev–Trinajstić information content (AvgIpc) is 2.30. The van der Waals surface area contributed by atoms with Crippen LogP contribution in [0.3, 0.4) is 0 Å². The molecule has 0 heterocycles. The Kier molecular flexibility index (Phi) is 5.33. The number of carbonyl (C=O) groups is 1. The van der Waals surface area contributed by atoms with Gasteiger partial charge in [-0.25, -0.2) is 8.78 Å². The molecule has 1 aromatic carbocycles. The predicted octanol–water partition coefficient (Wildman–Crippen LogP) is 2.59. The second-order valence-electron chi connectivity index (χ2n) is 3.58.